The van der Waals surface area contributed by atoms with Crippen molar-refractivity contribution in [1.29, 1.82) is 5.26 Å². The highest BCUT2D eigenvalue weighted by Crippen LogP contribution is 2.12. The fourth-order valence-electron chi connectivity index (χ4n) is 1.38. The first kappa shape index (κ1) is 12.2. The number of nitrogens with one attached hydrogen (secondary N) is 1. The topological polar surface area (TPSA) is 78.9 Å². The molecule has 0 fully saturated rings. The molecule has 84 valence electrons. The van der Waals surface area contributed by atoms with E-state index >= 15 is 0 Å². The van der Waals surface area contributed by atoms with Gasteiger partial charge in [-0.2, -0.15) is 5.26 Å². The molecule has 4 nitrogen and oxygen atoms in total. The molecule has 1 atom stereocenters. The summed E-state index contributed by atoms with van der Waals surface area (Å²) in [5.41, 5.74) is 6.77. The Bertz CT molecular complexity index is 392. The molecule has 1 aromatic rings. The third-order valence-corrected chi connectivity index (χ3v) is 2.36. The van der Waals surface area contributed by atoms with Gasteiger partial charge in [0, 0.05) is 19.0 Å². The van der Waals surface area contributed by atoms with Crippen LogP contribution in [0.25, 0.3) is 0 Å². The fourth-order valence-corrected chi connectivity index (χ4v) is 1.38. The van der Waals surface area contributed by atoms with Gasteiger partial charge < -0.3 is 11.1 Å². The van der Waals surface area contributed by atoms with Crippen LogP contribution in [0.15, 0.2) is 24.3 Å². The molecule has 0 aliphatic heterocycles. The van der Waals surface area contributed by atoms with Gasteiger partial charge in [0.2, 0.25) is 5.91 Å². The van der Waals surface area contributed by atoms with Gasteiger partial charge in [0.1, 0.15) is 0 Å². The van der Waals surface area contributed by atoms with Crippen LogP contribution in [-0.4, -0.2) is 12.5 Å². The zero-order valence-electron chi connectivity index (χ0n) is 9.23. The minimum Gasteiger partial charge on any atom is -0.370 e. The van der Waals surface area contributed by atoms with Crippen LogP contribution in [-0.2, 0) is 4.79 Å². The standard InChI is InChI=1S/C12H15N3O/c1-9(15-7-6-12(14)16)11-4-2-10(8-13)3-5-11/h2-5,9,15H,6-7H2,1H3,(H2,14,16). The van der Waals surface area contributed by atoms with Crippen LogP contribution in [0, 0.1) is 11.3 Å². The molecule has 1 amide bonds. The summed E-state index contributed by atoms with van der Waals surface area (Å²) in [7, 11) is 0. The number of nitrogens with two attached hydrogens (primary N) is 1. The summed E-state index contributed by atoms with van der Waals surface area (Å²) >= 11 is 0. The van der Waals surface area contributed by atoms with Crippen LogP contribution in [0.1, 0.15) is 30.5 Å². The van der Waals surface area contributed by atoms with Crippen LogP contribution in [0.3, 0.4) is 0 Å². The minimum absolute atomic E-state index is 0.145. The molecule has 0 heterocycles. The molecule has 0 aliphatic carbocycles. The maximum absolute atomic E-state index is 10.5. The van der Waals surface area contributed by atoms with Crippen molar-refractivity contribution in [2.24, 2.45) is 5.73 Å². The second kappa shape index (κ2) is 5.89. The van der Waals surface area contributed by atoms with E-state index in [1.165, 1.54) is 0 Å². The van der Waals surface area contributed by atoms with Crippen molar-refractivity contribution in [2.75, 3.05) is 6.54 Å². The van der Waals surface area contributed by atoms with Gasteiger partial charge in [-0.25, -0.2) is 0 Å². The van der Waals surface area contributed by atoms with Gasteiger partial charge in [-0.3, -0.25) is 4.79 Å². The van der Waals surface area contributed by atoms with Crippen LogP contribution in [0.2, 0.25) is 0 Å². The van der Waals surface area contributed by atoms with E-state index in [1.54, 1.807) is 12.1 Å². The van der Waals surface area contributed by atoms with E-state index in [-0.39, 0.29) is 11.9 Å². The summed E-state index contributed by atoms with van der Waals surface area (Å²) < 4.78 is 0. The van der Waals surface area contributed by atoms with Crippen molar-refractivity contribution in [2.45, 2.75) is 19.4 Å². The van der Waals surface area contributed by atoms with Crippen molar-refractivity contribution >= 4 is 5.91 Å². The number of primary amides is 1. The van der Waals surface area contributed by atoms with Gasteiger partial charge in [0.25, 0.3) is 0 Å². The Morgan fingerprint density at radius 1 is 1.50 bits per heavy atom. The second-order valence-corrected chi connectivity index (χ2v) is 3.63. The summed E-state index contributed by atoms with van der Waals surface area (Å²) in [6.07, 6.45) is 0.334. The lowest BCUT2D eigenvalue weighted by Crippen LogP contribution is -2.24. The highest BCUT2D eigenvalue weighted by molar-refractivity contribution is 5.73. The molecule has 0 spiro atoms. The lowest BCUT2D eigenvalue weighted by Gasteiger charge is -2.13. The van der Waals surface area contributed by atoms with Crippen molar-refractivity contribution in [3.63, 3.8) is 0 Å². The number of nitrogens with zero attached hydrogens (tertiary/aromatic N) is 1. The third-order valence-electron chi connectivity index (χ3n) is 2.36. The maximum atomic E-state index is 10.5. The average molecular weight is 217 g/mol. The molecular weight excluding hydrogens is 202 g/mol. The molecule has 1 unspecified atom stereocenters. The Hall–Kier alpha value is -1.86. The van der Waals surface area contributed by atoms with Crippen LogP contribution in [0.4, 0.5) is 0 Å². The number of benzene rings is 1. The van der Waals surface area contributed by atoms with Crippen molar-refractivity contribution in [3.8, 4) is 6.07 Å². The normalized spacial score (nSPS) is 11.8. The number of amides is 1. The van der Waals surface area contributed by atoms with Crippen LogP contribution in [0.5, 0.6) is 0 Å². The third kappa shape index (κ3) is 3.71. The first-order chi connectivity index (χ1) is 7.63. The highest BCUT2D eigenvalue weighted by Gasteiger charge is 2.04. The van der Waals surface area contributed by atoms with E-state index in [0.717, 1.165) is 5.56 Å². The Balaban J connectivity index is 2.49. The number of hydrogen-bond acceptors (Lipinski definition) is 3. The SMILES string of the molecule is CC(NCCC(N)=O)c1ccc(C#N)cc1. The summed E-state index contributed by atoms with van der Waals surface area (Å²) in [4.78, 5) is 10.5. The Morgan fingerprint density at radius 3 is 2.62 bits per heavy atom. The van der Waals surface area contributed by atoms with Gasteiger partial charge in [-0.05, 0) is 24.6 Å². The fraction of sp³-hybridized carbons (Fsp3) is 0.333. The second-order valence-electron chi connectivity index (χ2n) is 3.63. The van der Waals surface area contributed by atoms with Crippen molar-refractivity contribution in [1.82, 2.24) is 5.32 Å². The quantitative estimate of drug-likeness (QED) is 0.774. The maximum Gasteiger partial charge on any atom is 0.218 e. The van der Waals surface area contributed by atoms with Gasteiger partial charge in [0.05, 0.1) is 11.6 Å². The average Bonchev–Trinajstić information content (AvgIpc) is 2.28. The largest absolute Gasteiger partial charge is 0.370 e. The summed E-state index contributed by atoms with van der Waals surface area (Å²) in [5.74, 6) is -0.306. The minimum atomic E-state index is -0.306. The molecular formula is C12H15N3O. The lowest BCUT2D eigenvalue weighted by atomic mass is 10.1. The number of carbonyl (C=O) groups is 1. The zero-order chi connectivity index (χ0) is 12.0. The number of hydrogen-bond donors (Lipinski definition) is 2. The van der Waals surface area contributed by atoms with E-state index in [2.05, 4.69) is 11.4 Å². The van der Waals surface area contributed by atoms with E-state index in [9.17, 15) is 4.79 Å². The molecule has 0 radical (unpaired) electrons. The van der Waals surface area contributed by atoms with E-state index in [0.29, 0.717) is 18.5 Å². The monoisotopic (exact) mass is 217 g/mol. The van der Waals surface area contributed by atoms with E-state index in [4.69, 9.17) is 11.0 Å². The van der Waals surface area contributed by atoms with Crippen LogP contribution < -0.4 is 11.1 Å². The highest BCUT2D eigenvalue weighted by atomic mass is 16.1. The molecule has 3 N–H and O–H groups in total. The molecule has 1 rings (SSSR count). The molecule has 16 heavy (non-hydrogen) atoms. The summed E-state index contributed by atoms with van der Waals surface area (Å²) in [5, 5.41) is 11.8. The molecule has 0 aromatic heterocycles. The van der Waals surface area contributed by atoms with Crippen molar-refractivity contribution < 1.29 is 4.79 Å². The molecule has 0 aliphatic rings. The van der Waals surface area contributed by atoms with Gasteiger partial charge in [-0.1, -0.05) is 12.1 Å². The first-order valence-corrected chi connectivity index (χ1v) is 5.15. The Kier molecular flexibility index (Phi) is 4.49. The lowest BCUT2D eigenvalue weighted by molar-refractivity contribution is -0.117. The Labute approximate surface area is 95.1 Å². The van der Waals surface area contributed by atoms with Gasteiger partial charge in [-0.15, -0.1) is 0 Å². The number of nitriles is 1. The van der Waals surface area contributed by atoms with E-state index in [1.807, 2.05) is 19.1 Å². The molecule has 0 saturated carbocycles. The summed E-state index contributed by atoms with van der Waals surface area (Å²) in [6.45, 7) is 2.57. The summed E-state index contributed by atoms with van der Waals surface area (Å²) in [6, 6.07) is 9.58. The van der Waals surface area contributed by atoms with E-state index < -0.39 is 0 Å². The molecule has 0 bridgehead atoms. The predicted molar refractivity (Wildman–Crippen MR) is 61.4 cm³/mol. The zero-order valence-corrected chi connectivity index (χ0v) is 9.23. The Morgan fingerprint density at radius 2 is 2.12 bits per heavy atom. The van der Waals surface area contributed by atoms with Gasteiger partial charge in [0.15, 0.2) is 0 Å². The predicted octanol–water partition coefficient (Wildman–Crippen LogP) is 1.08. The smallest absolute Gasteiger partial charge is 0.218 e. The molecule has 0 saturated heterocycles. The number of rotatable bonds is 5. The van der Waals surface area contributed by atoms with Crippen LogP contribution >= 0.6 is 0 Å². The molecule has 4 heteroatoms. The van der Waals surface area contributed by atoms with Crippen molar-refractivity contribution in [3.05, 3.63) is 35.4 Å². The molecule has 1 aromatic carbocycles. The first-order valence-electron chi connectivity index (χ1n) is 5.15. The van der Waals surface area contributed by atoms with Gasteiger partial charge >= 0.3 is 0 Å². The number of carbonyl (C=O) groups excluding carboxylic acids is 1.